The van der Waals surface area contributed by atoms with Gasteiger partial charge in [0.2, 0.25) is 5.91 Å². The van der Waals surface area contributed by atoms with Gasteiger partial charge in [-0.25, -0.2) is 0 Å². The fourth-order valence-electron chi connectivity index (χ4n) is 1.28. The molecular weight excluding hydrogens is 236 g/mol. The highest BCUT2D eigenvalue weighted by molar-refractivity contribution is 7.84. The number of nitrogens with one attached hydrogen (secondary N) is 1. The highest BCUT2D eigenvalue weighted by Crippen LogP contribution is 2.09. The number of carbonyl (C=O) groups excluding carboxylic acids is 1. The molecule has 1 amide bonds. The second-order valence-electron chi connectivity index (χ2n) is 3.94. The number of benzene rings is 1. The van der Waals surface area contributed by atoms with Crippen molar-refractivity contribution in [3.8, 4) is 0 Å². The lowest BCUT2D eigenvalue weighted by molar-refractivity contribution is -0.122. The zero-order valence-corrected chi connectivity index (χ0v) is 10.9. The topological polar surface area (TPSA) is 72.2 Å². The van der Waals surface area contributed by atoms with E-state index in [0.717, 1.165) is 5.56 Å². The molecule has 1 rings (SSSR count). The fourth-order valence-corrected chi connectivity index (χ4v) is 1.60. The van der Waals surface area contributed by atoms with Crippen molar-refractivity contribution in [3.63, 3.8) is 0 Å². The van der Waals surface area contributed by atoms with Crippen molar-refractivity contribution in [2.24, 2.45) is 5.73 Å². The van der Waals surface area contributed by atoms with Crippen molar-refractivity contribution in [1.82, 2.24) is 5.32 Å². The van der Waals surface area contributed by atoms with Gasteiger partial charge in [0.05, 0.1) is 0 Å². The van der Waals surface area contributed by atoms with Gasteiger partial charge >= 0.3 is 0 Å². The third-order valence-corrected chi connectivity index (χ3v) is 3.87. The number of carbonyl (C=O) groups is 1. The van der Waals surface area contributed by atoms with Crippen LogP contribution in [0, 0.1) is 0 Å². The highest BCUT2D eigenvalue weighted by Gasteiger charge is 2.16. The molecular formula is C12H18N2O2S. The van der Waals surface area contributed by atoms with Crippen molar-refractivity contribution in [1.29, 1.82) is 0 Å². The average molecular weight is 254 g/mol. The summed E-state index contributed by atoms with van der Waals surface area (Å²) < 4.78 is 11.1. The summed E-state index contributed by atoms with van der Waals surface area (Å²) >= 11 is 0. The lowest BCUT2D eigenvalue weighted by atomic mass is 10.1. The molecule has 0 aromatic heterocycles. The Morgan fingerprint density at radius 2 is 2.00 bits per heavy atom. The van der Waals surface area contributed by atoms with Gasteiger partial charge in [-0.15, -0.1) is 0 Å². The summed E-state index contributed by atoms with van der Waals surface area (Å²) in [4.78, 5) is 11.7. The number of amides is 1. The Kier molecular flexibility index (Phi) is 5.31. The molecule has 3 atom stereocenters. The third-order valence-electron chi connectivity index (χ3n) is 2.57. The molecule has 0 heterocycles. The van der Waals surface area contributed by atoms with Crippen LogP contribution >= 0.6 is 0 Å². The fraction of sp³-hybridized carbons (Fsp3) is 0.417. The molecule has 0 aliphatic rings. The van der Waals surface area contributed by atoms with E-state index >= 15 is 0 Å². The minimum atomic E-state index is -0.940. The van der Waals surface area contributed by atoms with E-state index in [1.807, 2.05) is 37.3 Å². The van der Waals surface area contributed by atoms with Crippen LogP contribution in [0.1, 0.15) is 18.5 Å². The van der Waals surface area contributed by atoms with Crippen molar-refractivity contribution in [2.45, 2.75) is 18.2 Å². The summed E-state index contributed by atoms with van der Waals surface area (Å²) in [6.07, 6.45) is 1.62. The normalized spacial score (nSPS) is 15.9. The molecule has 0 saturated carbocycles. The SMILES string of the molecule is CC(CNC(=O)[C@H](N)c1ccccc1)S(C)=O. The number of hydrogen-bond donors (Lipinski definition) is 2. The molecule has 0 radical (unpaired) electrons. The maximum absolute atomic E-state index is 11.7. The van der Waals surface area contributed by atoms with Crippen LogP contribution in [-0.4, -0.2) is 28.2 Å². The summed E-state index contributed by atoms with van der Waals surface area (Å²) in [5.41, 5.74) is 6.59. The first-order valence-electron chi connectivity index (χ1n) is 5.43. The van der Waals surface area contributed by atoms with Gasteiger partial charge in [0.1, 0.15) is 6.04 Å². The molecule has 3 N–H and O–H groups in total. The van der Waals surface area contributed by atoms with Gasteiger partial charge in [0, 0.05) is 28.9 Å². The summed E-state index contributed by atoms with van der Waals surface area (Å²) in [7, 11) is -0.940. The number of hydrogen-bond acceptors (Lipinski definition) is 3. The van der Waals surface area contributed by atoms with E-state index in [4.69, 9.17) is 5.73 Å². The van der Waals surface area contributed by atoms with Gasteiger partial charge in [-0.1, -0.05) is 30.3 Å². The maximum Gasteiger partial charge on any atom is 0.241 e. The quantitative estimate of drug-likeness (QED) is 0.807. The number of nitrogens with two attached hydrogens (primary N) is 1. The van der Waals surface area contributed by atoms with Crippen LogP contribution in [0.15, 0.2) is 30.3 Å². The van der Waals surface area contributed by atoms with Crippen LogP contribution in [0.2, 0.25) is 0 Å². The molecule has 17 heavy (non-hydrogen) atoms. The Morgan fingerprint density at radius 3 is 2.53 bits per heavy atom. The smallest absolute Gasteiger partial charge is 0.241 e. The second-order valence-corrected chi connectivity index (χ2v) is 5.74. The molecule has 1 aromatic carbocycles. The van der Waals surface area contributed by atoms with Gasteiger partial charge in [-0.3, -0.25) is 9.00 Å². The lowest BCUT2D eigenvalue weighted by Gasteiger charge is -2.14. The molecule has 0 bridgehead atoms. The Bertz CT molecular complexity index is 395. The number of rotatable bonds is 5. The first-order chi connectivity index (χ1) is 8.02. The molecule has 94 valence electrons. The molecule has 0 saturated heterocycles. The molecule has 5 heteroatoms. The predicted octanol–water partition coefficient (Wildman–Crippen LogP) is 0.570. The van der Waals surface area contributed by atoms with Gasteiger partial charge in [0.15, 0.2) is 0 Å². The van der Waals surface area contributed by atoms with Gasteiger partial charge in [0.25, 0.3) is 0 Å². The summed E-state index contributed by atoms with van der Waals surface area (Å²) in [6, 6.07) is 8.50. The van der Waals surface area contributed by atoms with E-state index in [2.05, 4.69) is 5.32 Å². The Balaban J connectivity index is 2.51. The average Bonchev–Trinajstić information content (AvgIpc) is 2.35. The van der Waals surface area contributed by atoms with Crippen LogP contribution in [0.5, 0.6) is 0 Å². The zero-order chi connectivity index (χ0) is 12.8. The Labute approximate surface area is 104 Å². The standard InChI is InChI=1S/C12H18N2O2S/c1-9(17(2)16)8-14-12(15)11(13)10-6-4-3-5-7-10/h3-7,9,11H,8,13H2,1-2H3,(H,14,15)/t9?,11-,17?/m1/s1. The maximum atomic E-state index is 11.7. The summed E-state index contributed by atoms with van der Waals surface area (Å²) in [6.45, 7) is 2.20. The van der Waals surface area contributed by atoms with Crippen molar-refractivity contribution in [2.75, 3.05) is 12.8 Å². The zero-order valence-electron chi connectivity index (χ0n) is 10.1. The van der Waals surface area contributed by atoms with Crippen LogP contribution < -0.4 is 11.1 Å². The third kappa shape index (κ3) is 4.28. The summed E-state index contributed by atoms with van der Waals surface area (Å²) in [5, 5.41) is 2.64. The van der Waals surface area contributed by atoms with Crippen molar-refractivity contribution in [3.05, 3.63) is 35.9 Å². The second kappa shape index (κ2) is 6.51. The largest absolute Gasteiger partial charge is 0.353 e. The van der Waals surface area contributed by atoms with Gasteiger partial charge in [-0.2, -0.15) is 0 Å². The summed E-state index contributed by atoms with van der Waals surface area (Å²) in [5.74, 6) is -0.242. The van der Waals surface area contributed by atoms with E-state index in [1.54, 1.807) is 6.26 Å². The van der Waals surface area contributed by atoms with Crippen molar-refractivity contribution < 1.29 is 9.00 Å². The van der Waals surface area contributed by atoms with Crippen LogP contribution in [0.25, 0.3) is 0 Å². The first-order valence-corrected chi connectivity index (χ1v) is 7.05. The van der Waals surface area contributed by atoms with Gasteiger partial charge < -0.3 is 11.1 Å². The van der Waals surface area contributed by atoms with E-state index in [9.17, 15) is 9.00 Å². The van der Waals surface area contributed by atoms with E-state index in [-0.39, 0.29) is 11.2 Å². The van der Waals surface area contributed by atoms with E-state index in [1.165, 1.54) is 0 Å². The van der Waals surface area contributed by atoms with Gasteiger partial charge in [-0.05, 0) is 12.5 Å². The molecule has 1 aromatic rings. The molecule has 4 nitrogen and oxygen atoms in total. The molecule has 0 fully saturated rings. The van der Waals surface area contributed by atoms with Crippen LogP contribution in [-0.2, 0) is 15.6 Å². The molecule has 2 unspecified atom stereocenters. The minimum absolute atomic E-state index is 0.0677. The molecule has 0 aliphatic carbocycles. The molecule has 0 aliphatic heterocycles. The monoisotopic (exact) mass is 254 g/mol. The van der Waals surface area contributed by atoms with Crippen molar-refractivity contribution >= 4 is 16.7 Å². The Morgan fingerprint density at radius 1 is 1.41 bits per heavy atom. The predicted molar refractivity (Wildman–Crippen MR) is 69.9 cm³/mol. The minimum Gasteiger partial charge on any atom is -0.353 e. The van der Waals surface area contributed by atoms with E-state index in [0.29, 0.717) is 6.54 Å². The lowest BCUT2D eigenvalue weighted by Crippen LogP contribution is -2.38. The van der Waals surface area contributed by atoms with Crippen LogP contribution in [0.4, 0.5) is 0 Å². The Hall–Kier alpha value is -1.20. The first kappa shape index (κ1) is 13.9. The molecule has 0 spiro atoms. The van der Waals surface area contributed by atoms with E-state index < -0.39 is 16.8 Å². The van der Waals surface area contributed by atoms with Crippen LogP contribution in [0.3, 0.4) is 0 Å². The highest BCUT2D eigenvalue weighted by atomic mass is 32.2.